The van der Waals surface area contributed by atoms with Gasteiger partial charge in [-0.05, 0) is 55.5 Å². The van der Waals surface area contributed by atoms with E-state index in [1.807, 2.05) is 0 Å². The van der Waals surface area contributed by atoms with Gasteiger partial charge in [0.25, 0.3) is 17.7 Å². The fraction of sp³-hybridized carbons (Fsp3) is 0.423. The predicted molar refractivity (Wildman–Crippen MR) is 137 cm³/mol. The SMILES string of the molecule is COCC(=O)N1CC(C(=O)NC2CC3(NC(=O)COc4ccc(Cl)c(F)c4)CC2C3)Oc2ccc(Cl)cc21. The fourth-order valence-electron chi connectivity index (χ4n) is 5.46. The first-order valence-corrected chi connectivity index (χ1v) is 12.9. The maximum Gasteiger partial charge on any atom is 0.263 e. The number of methoxy groups -OCH3 is 1. The second-order valence-corrected chi connectivity index (χ2v) is 10.7. The topological polar surface area (TPSA) is 106 Å². The van der Waals surface area contributed by atoms with Crippen molar-refractivity contribution in [2.45, 2.75) is 36.9 Å². The number of nitrogens with one attached hydrogen (secondary N) is 2. The summed E-state index contributed by atoms with van der Waals surface area (Å²) in [6.07, 6.45) is 1.10. The van der Waals surface area contributed by atoms with Crippen molar-refractivity contribution in [1.82, 2.24) is 10.6 Å². The summed E-state index contributed by atoms with van der Waals surface area (Å²) >= 11 is 11.8. The molecule has 2 bridgehead atoms. The van der Waals surface area contributed by atoms with Crippen LogP contribution in [-0.4, -0.2) is 62.3 Å². The van der Waals surface area contributed by atoms with E-state index >= 15 is 0 Å². The third kappa shape index (κ3) is 5.39. The molecule has 2 aromatic rings. The van der Waals surface area contributed by atoms with Crippen LogP contribution in [0.15, 0.2) is 36.4 Å². The number of nitrogens with zero attached hydrogens (tertiary/aromatic N) is 1. The van der Waals surface area contributed by atoms with Crippen LogP contribution in [0.5, 0.6) is 11.5 Å². The first-order chi connectivity index (χ1) is 18.2. The van der Waals surface area contributed by atoms with Crippen molar-refractivity contribution < 1.29 is 33.0 Å². The molecule has 202 valence electrons. The Kier molecular flexibility index (Phi) is 7.39. The molecule has 2 unspecified atom stereocenters. The minimum absolute atomic E-state index is 0.0171. The number of benzene rings is 2. The van der Waals surface area contributed by atoms with Gasteiger partial charge in [-0.15, -0.1) is 0 Å². The minimum atomic E-state index is -0.916. The van der Waals surface area contributed by atoms with Gasteiger partial charge in [0.15, 0.2) is 12.7 Å². The number of halogens is 3. The Bertz CT molecular complexity index is 1270. The van der Waals surface area contributed by atoms with Crippen LogP contribution in [0.25, 0.3) is 0 Å². The molecule has 4 aliphatic rings. The summed E-state index contributed by atoms with van der Waals surface area (Å²) < 4.78 is 29.9. The summed E-state index contributed by atoms with van der Waals surface area (Å²) in [6, 6.07) is 8.70. The van der Waals surface area contributed by atoms with Crippen LogP contribution in [0.1, 0.15) is 19.3 Å². The van der Waals surface area contributed by atoms with Gasteiger partial charge in [-0.25, -0.2) is 4.39 Å². The molecule has 38 heavy (non-hydrogen) atoms. The van der Waals surface area contributed by atoms with E-state index in [9.17, 15) is 18.8 Å². The van der Waals surface area contributed by atoms with Crippen molar-refractivity contribution in [2.24, 2.45) is 5.92 Å². The Balaban J connectivity index is 1.16. The largest absolute Gasteiger partial charge is 0.484 e. The first kappa shape index (κ1) is 26.5. The third-order valence-corrected chi connectivity index (χ3v) is 7.71. The maximum atomic E-state index is 13.6. The Morgan fingerprint density at radius 3 is 2.66 bits per heavy atom. The summed E-state index contributed by atoms with van der Waals surface area (Å²) in [7, 11) is 1.42. The Morgan fingerprint density at radius 2 is 1.92 bits per heavy atom. The number of carbonyl (C=O) groups excluding carboxylic acids is 3. The fourth-order valence-corrected chi connectivity index (χ4v) is 5.74. The van der Waals surface area contributed by atoms with E-state index in [-0.39, 0.29) is 60.2 Å². The van der Waals surface area contributed by atoms with Crippen LogP contribution in [0, 0.1) is 11.7 Å². The summed E-state index contributed by atoms with van der Waals surface area (Å²) in [5.41, 5.74) is 0.0582. The molecule has 0 aromatic heterocycles. The molecule has 3 aliphatic carbocycles. The van der Waals surface area contributed by atoms with E-state index in [1.54, 1.807) is 18.2 Å². The van der Waals surface area contributed by atoms with Crippen LogP contribution in [0.4, 0.5) is 10.1 Å². The molecule has 0 spiro atoms. The second kappa shape index (κ2) is 10.6. The molecule has 6 rings (SSSR count). The first-order valence-electron chi connectivity index (χ1n) is 12.1. The lowest BCUT2D eigenvalue weighted by Crippen LogP contribution is -2.53. The van der Waals surface area contributed by atoms with Crippen LogP contribution in [0.3, 0.4) is 0 Å². The molecule has 3 saturated carbocycles. The smallest absolute Gasteiger partial charge is 0.263 e. The molecule has 1 aliphatic heterocycles. The van der Waals surface area contributed by atoms with Gasteiger partial charge in [-0.3, -0.25) is 14.4 Å². The summed E-state index contributed by atoms with van der Waals surface area (Å²) in [6.45, 7) is -0.400. The minimum Gasteiger partial charge on any atom is -0.484 e. The van der Waals surface area contributed by atoms with E-state index in [2.05, 4.69) is 10.6 Å². The van der Waals surface area contributed by atoms with Gasteiger partial charge in [0, 0.05) is 29.8 Å². The molecule has 0 saturated heterocycles. The van der Waals surface area contributed by atoms with Gasteiger partial charge in [-0.2, -0.15) is 0 Å². The molecular formula is C26H26Cl2FN3O6. The van der Waals surface area contributed by atoms with Crippen LogP contribution in [0.2, 0.25) is 10.0 Å². The van der Waals surface area contributed by atoms with Crippen molar-refractivity contribution in [3.8, 4) is 11.5 Å². The normalized spacial score (nSPS) is 25.1. The molecule has 3 fully saturated rings. The zero-order chi connectivity index (χ0) is 27.0. The molecule has 12 heteroatoms. The van der Waals surface area contributed by atoms with Crippen molar-refractivity contribution in [3.63, 3.8) is 0 Å². The summed E-state index contributed by atoms with van der Waals surface area (Å²) in [5, 5.41) is 6.47. The molecule has 2 atom stereocenters. The molecule has 1 heterocycles. The van der Waals surface area contributed by atoms with Gasteiger partial charge < -0.3 is 29.7 Å². The number of hydrogen-bond acceptors (Lipinski definition) is 6. The van der Waals surface area contributed by atoms with E-state index in [4.69, 9.17) is 37.4 Å². The Labute approximate surface area is 228 Å². The van der Waals surface area contributed by atoms with Crippen LogP contribution < -0.4 is 25.0 Å². The number of carbonyl (C=O) groups is 3. The molecule has 2 N–H and O–H groups in total. The van der Waals surface area contributed by atoms with Gasteiger partial charge in [0.2, 0.25) is 0 Å². The van der Waals surface area contributed by atoms with E-state index in [1.165, 1.54) is 24.1 Å². The Hall–Kier alpha value is -3.08. The summed E-state index contributed by atoms with van der Waals surface area (Å²) in [5.74, 6) is -0.809. The molecular weight excluding hydrogens is 540 g/mol. The lowest BCUT2D eigenvalue weighted by atomic mass is 9.76. The van der Waals surface area contributed by atoms with E-state index in [0.29, 0.717) is 22.9 Å². The monoisotopic (exact) mass is 565 g/mol. The average molecular weight is 566 g/mol. The highest BCUT2D eigenvalue weighted by molar-refractivity contribution is 6.31. The standard InChI is InChI=1S/C26H26Cl2FN3O6/c1-36-13-24(34)32-11-22(38-21-5-2-15(27)6-20(21)32)25(35)30-19-10-26(8-14(19)9-26)31-23(33)12-37-16-3-4-17(28)18(29)7-16/h2-7,14,19,22H,8-13H2,1H3,(H,30,35)(H,31,33). The van der Waals surface area contributed by atoms with Gasteiger partial charge in [-0.1, -0.05) is 23.2 Å². The highest BCUT2D eigenvalue weighted by Crippen LogP contribution is 2.52. The van der Waals surface area contributed by atoms with Crippen molar-refractivity contribution >= 4 is 46.6 Å². The van der Waals surface area contributed by atoms with Crippen LogP contribution >= 0.6 is 23.2 Å². The highest BCUT2D eigenvalue weighted by Gasteiger charge is 2.57. The number of ether oxygens (including phenoxy) is 3. The third-order valence-electron chi connectivity index (χ3n) is 7.17. The number of amides is 3. The molecule has 2 aromatic carbocycles. The van der Waals surface area contributed by atoms with E-state index in [0.717, 1.165) is 18.9 Å². The highest BCUT2D eigenvalue weighted by atomic mass is 35.5. The van der Waals surface area contributed by atoms with Gasteiger partial charge in [0.05, 0.1) is 17.3 Å². The summed E-state index contributed by atoms with van der Waals surface area (Å²) in [4.78, 5) is 39.8. The number of rotatable bonds is 8. The quantitative estimate of drug-likeness (QED) is 0.509. The zero-order valence-electron chi connectivity index (χ0n) is 20.5. The van der Waals surface area contributed by atoms with Crippen molar-refractivity contribution in [2.75, 3.05) is 31.8 Å². The van der Waals surface area contributed by atoms with Crippen LogP contribution in [-0.2, 0) is 19.1 Å². The van der Waals surface area contributed by atoms with E-state index < -0.39 is 17.5 Å². The van der Waals surface area contributed by atoms with Gasteiger partial charge >= 0.3 is 0 Å². The lowest BCUT2D eigenvalue weighted by molar-refractivity contribution is -0.130. The maximum absolute atomic E-state index is 13.6. The molecule has 0 radical (unpaired) electrons. The van der Waals surface area contributed by atoms with Crippen molar-refractivity contribution in [1.29, 1.82) is 0 Å². The second-order valence-electron chi connectivity index (χ2n) is 9.84. The molecule has 3 amide bonds. The number of hydrogen-bond donors (Lipinski definition) is 2. The predicted octanol–water partition coefficient (Wildman–Crippen LogP) is 3.11. The van der Waals surface area contributed by atoms with Crippen molar-refractivity contribution in [3.05, 3.63) is 52.3 Å². The molecule has 9 nitrogen and oxygen atoms in total. The average Bonchev–Trinajstić information content (AvgIpc) is 3.37. The zero-order valence-corrected chi connectivity index (χ0v) is 22.0. The van der Waals surface area contributed by atoms with Gasteiger partial charge in [0.1, 0.15) is 23.9 Å². The lowest BCUT2D eigenvalue weighted by Gasteiger charge is -2.39. The Morgan fingerprint density at radius 1 is 1.13 bits per heavy atom. The number of anilines is 1. The number of fused-ring (bicyclic) bond motifs is 2.